The van der Waals surface area contributed by atoms with Crippen molar-refractivity contribution >= 4 is 40.6 Å². The zero-order valence-electron chi connectivity index (χ0n) is 16.1. The number of nitro groups is 1. The Hall–Kier alpha value is -3.79. The highest BCUT2D eigenvalue weighted by Gasteiger charge is 2.30. The van der Waals surface area contributed by atoms with E-state index < -0.39 is 22.8 Å². The number of carbonyl (C=O) groups excluding carboxylic acids is 2. The van der Waals surface area contributed by atoms with Gasteiger partial charge in [-0.2, -0.15) is 0 Å². The number of methoxy groups -OCH3 is 1. The van der Waals surface area contributed by atoms with Crippen molar-refractivity contribution in [3.05, 3.63) is 81.0 Å². The van der Waals surface area contributed by atoms with E-state index >= 15 is 0 Å². The molecule has 1 amide bonds. The number of allylic oxidation sites excluding steroid dienone is 1. The van der Waals surface area contributed by atoms with E-state index in [-0.39, 0.29) is 5.69 Å². The Morgan fingerprint density at radius 2 is 1.77 bits per heavy atom. The van der Waals surface area contributed by atoms with Gasteiger partial charge in [-0.1, -0.05) is 12.1 Å². The second-order valence-electron chi connectivity index (χ2n) is 6.44. The Bertz CT molecular complexity index is 1050. The van der Waals surface area contributed by atoms with E-state index in [1.165, 1.54) is 31.4 Å². The lowest BCUT2D eigenvalue weighted by Crippen LogP contribution is -2.45. The summed E-state index contributed by atoms with van der Waals surface area (Å²) in [5, 5.41) is 19.9. The molecule has 0 bridgehead atoms. The van der Waals surface area contributed by atoms with Gasteiger partial charge in [-0.15, -0.1) is 0 Å². The first kappa shape index (κ1) is 20.9. The fourth-order valence-corrected chi connectivity index (χ4v) is 3.31. The number of thiocarbonyl (C=S) groups is 1. The number of non-ortho nitro benzene ring substituents is 1. The Morgan fingerprint density at radius 3 is 2.33 bits per heavy atom. The minimum Gasteiger partial charge on any atom is -0.465 e. The highest BCUT2D eigenvalue weighted by atomic mass is 32.1. The van der Waals surface area contributed by atoms with Crippen LogP contribution in [0.5, 0.6) is 0 Å². The molecule has 9 nitrogen and oxygen atoms in total. The summed E-state index contributed by atoms with van der Waals surface area (Å²) in [5.74, 6) is -0.857. The van der Waals surface area contributed by atoms with Crippen LogP contribution in [-0.4, -0.2) is 29.0 Å². The van der Waals surface area contributed by atoms with Gasteiger partial charge in [0, 0.05) is 23.5 Å². The normalized spacial score (nSPS) is 15.7. The van der Waals surface area contributed by atoms with Gasteiger partial charge in [-0.3, -0.25) is 14.9 Å². The Balaban J connectivity index is 1.88. The van der Waals surface area contributed by atoms with Crippen LogP contribution in [0, 0.1) is 10.1 Å². The van der Waals surface area contributed by atoms with Gasteiger partial charge in [0.1, 0.15) is 0 Å². The Labute approximate surface area is 177 Å². The summed E-state index contributed by atoms with van der Waals surface area (Å²) in [7, 11) is 1.30. The summed E-state index contributed by atoms with van der Waals surface area (Å²) in [6.45, 7) is 1.73. The van der Waals surface area contributed by atoms with Gasteiger partial charge in [0.05, 0.1) is 29.2 Å². The number of nitro benzene ring substituents is 1. The quantitative estimate of drug-likeness (QED) is 0.289. The number of nitrogens with one attached hydrogen (secondary N) is 3. The molecule has 1 aliphatic rings. The smallest absolute Gasteiger partial charge is 0.337 e. The van der Waals surface area contributed by atoms with Crippen molar-refractivity contribution in [3.8, 4) is 0 Å². The number of benzene rings is 2. The van der Waals surface area contributed by atoms with Gasteiger partial charge in [0.2, 0.25) is 0 Å². The summed E-state index contributed by atoms with van der Waals surface area (Å²) in [5.41, 5.74) is 2.42. The summed E-state index contributed by atoms with van der Waals surface area (Å²) >= 11 is 5.23. The summed E-state index contributed by atoms with van der Waals surface area (Å²) in [4.78, 5) is 35.0. The number of carbonyl (C=O) groups is 2. The largest absolute Gasteiger partial charge is 0.465 e. The van der Waals surface area contributed by atoms with Crippen LogP contribution in [0.1, 0.15) is 28.9 Å². The number of nitrogens with zero attached hydrogens (tertiary/aromatic N) is 1. The lowest BCUT2D eigenvalue weighted by Gasteiger charge is -2.30. The molecule has 0 aliphatic carbocycles. The van der Waals surface area contributed by atoms with Crippen LogP contribution >= 0.6 is 12.2 Å². The molecule has 1 aliphatic heterocycles. The molecule has 0 fully saturated rings. The van der Waals surface area contributed by atoms with E-state index in [0.29, 0.717) is 27.6 Å². The van der Waals surface area contributed by atoms with E-state index in [0.717, 1.165) is 5.56 Å². The van der Waals surface area contributed by atoms with Crippen molar-refractivity contribution in [2.75, 3.05) is 12.4 Å². The van der Waals surface area contributed by atoms with Gasteiger partial charge in [0.15, 0.2) is 5.11 Å². The third-order valence-corrected chi connectivity index (χ3v) is 4.73. The van der Waals surface area contributed by atoms with Crippen molar-refractivity contribution in [2.24, 2.45) is 0 Å². The zero-order valence-corrected chi connectivity index (χ0v) is 16.9. The maximum Gasteiger partial charge on any atom is 0.337 e. The van der Waals surface area contributed by atoms with Crippen LogP contribution in [0.25, 0.3) is 0 Å². The lowest BCUT2D eigenvalue weighted by molar-refractivity contribution is -0.384. The maximum absolute atomic E-state index is 13.0. The minimum absolute atomic E-state index is 0.0710. The first-order valence-electron chi connectivity index (χ1n) is 8.82. The SMILES string of the molecule is COC(=O)c1ccc(C2NC(=S)NC(C)=C2C(=O)Nc2ccc([N+](=O)[O-])cc2)cc1. The van der Waals surface area contributed by atoms with E-state index in [2.05, 4.69) is 16.0 Å². The van der Waals surface area contributed by atoms with Crippen molar-refractivity contribution < 1.29 is 19.2 Å². The average Bonchev–Trinajstić information content (AvgIpc) is 2.73. The molecule has 1 unspecified atom stereocenters. The van der Waals surface area contributed by atoms with Crippen LogP contribution in [-0.2, 0) is 9.53 Å². The molecule has 3 rings (SSSR count). The molecule has 30 heavy (non-hydrogen) atoms. The van der Waals surface area contributed by atoms with Crippen LogP contribution < -0.4 is 16.0 Å². The van der Waals surface area contributed by atoms with Crippen LogP contribution in [0.4, 0.5) is 11.4 Å². The Morgan fingerprint density at radius 1 is 1.13 bits per heavy atom. The summed E-state index contributed by atoms with van der Waals surface area (Å²) in [6, 6.07) is 11.6. The van der Waals surface area contributed by atoms with Crippen molar-refractivity contribution in [1.29, 1.82) is 0 Å². The molecule has 1 atom stereocenters. The molecule has 0 aromatic heterocycles. The molecule has 0 radical (unpaired) electrons. The fourth-order valence-electron chi connectivity index (χ4n) is 3.04. The molecule has 3 N–H and O–H groups in total. The minimum atomic E-state index is -0.552. The fraction of sp³-hybridized carbons (Fsp3) is 0.150. The molecule has 2 aromatic rings. The van der Waals surface area contributed by atoms with E-state index in [4.69, 9.17) is 17.0 Å². The molecular formula is C20H18N4O5S. The number of amides is 1. The zero-order chi connectivity index (χ0) is 21.8. The van der Waals surface area contributed by atoms with Crippen molar-refractivity contribution in [2.45, 2.75) is 13.0 Å². The van der Waals surface area contributed by atoms with Gasteiger partial charge in [-0.25, -0.2) is 4.79 Å². The monoisotopic (exact) mass is 426 g/mol. The second-order valence-corrected chi connectivity index (χ2v) is 6.85. The number of anilines is 1. The topological polar surface area (TPSA) is 123 Å². The molecule has 2 aromatic carbocycles. The first-order chi connectivity index (χ1) is 14.3. The van der Waals surface area contributed by atoms with Crippen LogP contribution in [0.3, 0.4) is 0 Å². The van der Waals surface area contributed by atoms with Gasteiger partial charge in [0.25, 0.3) is 11.6 Å². The number of hydrogen-bond acceptors (Lipinski definition) is 6. The van der Waals surface area contributed by atoms with Crippen molar-refractivity contribution in [3.63, 3.8) is 0 Å². The highest BCUT2D eigenvalue weighted by Crippen LogP contribution is 2.28. The third kappa shape index (κ3) is 4.44. The van der Waals surface area contributed by atoms with E-state index in [1.54, 1.807) is 31.2 Å². The van der Waals surface area contributed by atoms with Gasteiger partial charge < -0.3 is 20.7 Å². The molecule has 0 spiro atoms. The van der Waals surface area contributed by atoms with Gasteiger partial charge in [-0.05, 0) is 49.0 Å². The maximum atomic E-state index is 13.0. The van der Waals surface area contributed by atoms with E-state index in [9.17, 15) is 19.7 Å². The number of ether oxygens (including phenoxy) is 1. The van der Waals surface area contributed by atoms with Crippen LogP contribution in [0.15, 0.2) is 59.8 Å². The van der Waals surface area contributed by atoms with E-state index in [1.807, 2.05) is 0 Å². The standard InChI is InChI=1S/C20H18N4O5S/c1-11-16(18(25)22-14-7-9-15(10-8-14)24(27)28)17(23-20(30)21-11)12-3-5-13(6-4-12)19(26)29-2/h3-10,17H,1-2H3,(H,22,25)(H2,21,23,30). The molecular weight excluding hydrogens is 408 g/mol. The molecule has 1 heterocycles. The highest BCUT2D eigenvalue weighted by molar-refractivity contribution is 7.80. The number of hydrogen-bond donors (Lipinski definition) is 3. The third-order valence-electron chi connectivity index (χ3n) is 4.51. The predicted molar refractivity (Wildman–Crippen MR) is 114 cm³/mol. The molecule has 10 heteroatoms. The number of esters is 1. The van der Waals surface area contributed by atoms with Gasteiger partial charge >= 0.3 is 5.97 Å². The van der Waals surface area contributed by atoms with Crippen molar-refractivity contribution in [1.82, 2.24) is 10.6 Å². The lowest BCUT2D eigenvalue weighted by atomic mass is 9.94. The average molecular weight is 426 g/mol. The first-order valence-corrected chi connectivity index (χ1v) is 9.23. The Kier molecular flexibility index (Phi) is 6.07. The molecule has 0 saturated carbocycles. The summed E-state index contributed by atoms with van der Waals surface area (Å²) in [6.07, 6.45) is 0. The number of rotatable bonds is 5. The second kappa shape index (κ2) is 8.70. The molecule has 0 saturated heterocycles. The molecule has 154 valence electrons. The predicted octanol–water partition coefficient (Wildman–Crippen LogP) is 2.81. The van der Waals surface area contributed by atoms with Crippen LogP contribution in [0.2, 0.25) is 0 Å². The summed E-state index contributed by atoms with van der Waals surface area (Å²) < 4.78 is 4.70.